The molecule has 1 amide bonds. The van der Waals surface area contributed by atoms with E-state index in [0.717, 1.165) is 18.5 Å². The highest BCUT2D eigenvalue weighted by atomic mass is 35.5. The van der Waals surface area contributed by atoms with Crippen LogP contribution in [0, 0.1) is 6.92 Å². The maximum Gasteiger partial charge on any atom is 0.260 e. The van der Waals surface area contributed by atoms with E-state index in [2.05, 4.69) is 12.2 Å². The van der Waals surface area contributed by atoms with Crippen molar-refractivity contribution in [3.05, 3.63) is 28.8 Å². The third-order valence-electron chi connectivity index (χ3n) is 3.89. The minimum absolute atomic E-state index is 0.0645. The fourth-order valence-corrected chi connectivity index (χ4v) is 2.65. The summed E-state index contributed by atoms with van der Waals surface area (Å²) in [5, 5.41) is 3.62. The quantitative estimate of drug-likeness (QED) is 0.557. The minimum atomic E-state index is -0.501. The highest BCUT2D eigenvalue weighted by Crippen LogP contribution is 2.22. The molecule has 0 heterocycles. The summed E-state index contributed by atoms with van der Waals surface area (Å²) in [5.41, 5.74) is 0.934. The minimum Gasteiger partial charge on any atom is -0.481 e. The van der Waals surface area contributed by atoms with Gasteiger partial charge >= 0.3 is 0 Å². The van der Waals surface area contributed by atoms with Crippen molar-refractivity contribution in [3.63, 3.8) is 0 Å². The predicted octanol–water partition coefficient (Wildman–Crippen LogP) is 5.28. The molecule has 1 rings (SSSR count). The van der Waals surface area contributed by atoms with Gasteiger partial charge in [-0.3, -0.25) is 4.79 Å². The van der Waals surface area contributed by atoms with Gasteiger partial charge in [0.15, 0.2) is 6.10 Å². The largest absolute Gasteiger partial charge is 0.481 e. The van der Waals surface area contributed by atoms with Gasteiger partial charge in [-0.25, -0.2) is 0 Å². The van der Waals surface area contributed by atoms with Gasteiger partial charge in [0, 0.05) is 11.6 Å². The Labute approximate surface area is 145 Å². The molecule has 1 aromatic carbocycles. The Morgan fingerprint density at radius 3 is 2.48 bits per heavy atom. The van der Waals surface area contributed by atoms with Gasteiger partial charge in [-0.1, -0.05) is 57.0 Å². The summed E-state index contributed by atoms with van der Waals surface area (Å²) < 4.78 is 5.71. The highest BCUT2D eigenvalue weighted by molar-refractivity contribution is 6.30. The summed E-state index contributed by atoms with van der Waals surface area (Å²) in [6.45, 7) is 6.64. The molecule has 3 nitrogen and oxygen atoms in total. The predicted molar refractivity (Wildman–Crippen MR) is 97.3 cm³/mol. The zero-order valence-electron chi connectivity index (χ0n) is 14.7. The average molecular weight is 340 g/mol. The van der Waals surface area contributed by atoms with Crippen molar-refractivity contribution >= 4 is 17.5 Å². The zero-order valence-corrected chi connectivity index (χ0v) is 15.4. The topological polar surface area (TPSA) is 38.3 Å². The molecular weight excluding hydrogens is 310 g/mol. The highest BCUT2D eigenvalue weighted by Gasteiger charge is 2.15. The second-order valence-corrected chi connectivity index (χ2v) is 6.52. The van der Waals surface area contributed by atoms with Crippen LogP contribution in [0.2, 0.25) is 5.02 Å². The van der Waals surface area contributed by atoms with Crippen LogP contribution in [0.3, 0.4) is 0 Å². The van der Waals surface area contributed by atoms with Gasteiger partial charge in [-0.05, 0) is 44.0 Å². The van der Waals surface area contributed by atoms with Gasteiger partial charge in [-0.2, -0.15) is 0 Å². The first-order valence-electron chi connectivity index (χ1n) is 8.75. The molecule has 1 atom stereocenters. The fourth-order valence-electron chi connectivity index (χ4n) is 2.43. The summed E-state index contributed by atoms with van der Waals surface area (Å²) in [5.74, 6) is 0.637. The summed E-state index contributed by atoms with van der Waals surface area (Å²) in [4.78, 5) is 12.0. The molecule has 0 aromatic heterocycles. The maximum absolute atomic E-state index is 12.0. The molecule has 23 heavy (non-hydrogen) atoms. The molecule has 0 spiro atoms. The maximum atomic E-state index is 12.0. The van der Waals surface area contributed by atoms with Crippen LogP contribution < -0.4 is 10.1 Å². The molecule has 130 valence electrons. The molecule has 0 bridgehead atoms. The van der Waals surface area contributed by atoms with Crippen LogP contribution in [0.15, 0.2) is 18.2 Å². The third kappa shape index (κ3) is 8.26. The van der Waals surface area contributed by atoms with Crippen molar-refractivity contribution < 1.29 is 9.53 Å². The van der Waals surface area contributed by atoms with Crippen LogP contribution in [-0.2, 0) is 4.79 Å². The molecule has 1 aromatic rings. The number of halogens is 1. The molecule has 1 N–H and O–H groups in total. The number of amides is 1. The Morgan fingerprint density at radius 1 is 1.17 bits per heavy atom. The van der Waals surface area contributed by atoms with E-state index in [1.165, 1.54) is 38.5 Å². The lowest BCUT2D eigenvalue weighted by atomic mass is 10.1. The summed E-state index contributed by atoms with van der Waals surface area (Å²) >= 11 is 5.92. The first-order valence-corrected chi connectivity index (χ1v) is 9.13. The Bertz CT molecular complexity index is 476. The number of rotatable bonds is 11. The Balaban J connectivity index is 2.19. The van der Waals surface area contributed by atoms with Crippen molar-refractivity contribution in [1.82, 2.24) is 5.32 Å². The molecule has 0 aliphatic heterocycles. The van der Waals surface area contributed by atoms with E-state index in [1.807, 2.05) is 13.0 Å². The monoisotopic (exact) mass is 339 g/mol. The number of ether oxygens (including phenoxy) is 1. The van der Waals surface area contributed by atoms with E-state index in [-0.39, 0.29) is 5.91 Å². The molecule has 0 aliphatic rings. The van der Waals surface area contributed by atoms with Gasteiger partial charge in [0.1, 0.15) is 5.75 Å². The smallest absolute Gasteiger partial charge is 0.260 e. The second-order valence-electron chi connectivity index (χ2n) is 6.08. The Hall–Kier alpha value is -1.22. The van der Waals surface area contributed by atoms with Crippen molar-refractivity contribution in [2.75, 3.05) is 6.54 Å². The molecule has 0 saturated heterocycles. The second kappa shape index (κ2) is 11.3. The lowest BCUT2D eigenvalue weighted by Gasteiger charge is -2.16. The van der Waals surface area contributed by atoms with Crippen LogP contribution in [-0.4, -0.2) is 18.6 Å². The van der Waals surface area contributed by atoms with Gasteiger partial charge in [0.05, 0.1) is 0 Å². The van der Waals surface area contributed by atoms with Gasteiger partial charge < -0.3 is 10.1 Å². The molecule has 0 saturated carbocycles. The van der Waals surface area contributed by atoms with Crippen LogP contribution in [0.25, 0.3) is 0 Å². The van der Waals surface area contributed by atoms with E-state index in [9.17, 15) is 4.79 Å². The van der Waals surface area contributed by atoms with Crippen LogP contribution >= 0.6 is 11.6 Å². The molecule has 0 radical (unpaired) electrons. The normalized spacial score (nSPS) is 12.0. The first-order chi connectivity index (χ1) is 11.0. The van der Waals surface area contributed by atoms with E-state index in [1.54, 1.807) is 19.1 Å². The number of unbranched alkanes of at least 4 members (excludes halogenated alkanes) is 6. The van der Waals surface area contributed by atoms with Gasteiger partial charge in [-0.15, -0.1) is 0 Å². The lowest BCUT2D eigenvalue weighted by molar-refractivity contribution is -0.127. The average Bonchev–Trinajstić information content (AvgIpc) is 2.52. The molecule has 4 heteroatoms. The lowest BCUT2D eigenvalue weighted by Crippen LogP contribution is -2.36. The number of hydrogen-bond acceptors (Lipinski definition) is 2. The van der Waals surface area contributed by atoms with Crippen molar-refractivity contribution in [1.29, 1.82) is 0 Å². The number of carbonyl (C=O) groups excluding carboxylic acids is 1. The molecule has 0 aliphatic carbocycles. The van der Waals surface area contributed by atoms with Gasteiger partial charge in [0.25, 0.3) is 5.91 Å². The van der Waals surface area contributed by atoms with Crippen molar-refractivity contribution in [3.8, 4) is 5.75 Å². The Kier molecular flexibility index (Phi) is 9.77. The van der Waals surface area contributed by atoms with Crippen molar-refractivity contribution in [2.24, 2.45) is 0 Å². The first kappa shape index (κ1) is 19.8. The van der Waals surface area contributed by atoms with E-state index in [0.29, 0.717) is 10.8 Å². The molecule has 0 unspecified atom stereocenters. The zero-order chi connectivity index (χ0) is 17.1. The van der Waals surface area contributed by atoms with Crippen molar-refractivity contribution in [2.45, 2.75) is 71.8 Å². The van der Waals surface area contributed by atoms with Crippen LogP contribution in [0.1, 0.15) is 64.4 Å². The summed E-state index contributed by atoms with van der Waals surface area (Å²) in [6.07, 6.45) is 8.20. The third-order valence-corrected chi connectivity index (χ3v) is 4.12. The molecule has 0 fully saturated rings. The Morgan fingerprint density at radius 2 is 1.83 bits per heavy atom. The van der Waals surface area contributed by atoms with E-state index < -0.39 is 6.10 Å². The molecular formula is C19H30ClNO2. The SMILES string of the molecule is CCCCCCCCCNC(=O)[C@@H](C)Oc1ccc(Cl)cc1C. The number of hydrogen-bond donors (Lipinski definition) is 1. The number of aryl methyl sites for hydroxylation is 1. The van der Waals surface area contributed by atoms with E-state index in [4.69, 9.17) is 16.3 Å². The number of carbonyl (C=O) groups is 1. The number of nitrogens with one attached hydrogen (secondary N) is 1. The van der Waals surface area contributed by atoms with Crippen LogP contribution in [0.4, 0.5) is 0 Å². The van der Waals surface area contributed by atoms with Gasteiger partial charge in [0.2, 0.25) is 0 Å². The fraction of sp³-hybridized carbons (Fsp3) is 0.632. The summed E-state index contributed by atoms with van der Waals surface area (Å²) in [6, 6.07) is 5.41. The van der Waals surface area contributed by atoms with E-state index >= 15 is 0 Å². The summed E-state index contributed by atoms with van der Waals surface area (Å²) in [7, 11) is 0. The standard InChI is InChI=1S/C19H30ClNO2/c1-4-5-6-7-8-9-10-13-21-19(22)16(3)23-18-12-11-17(20)14-15(18)2/h11-12,14,16H,4-10,13H2,1-3H3,(H,21,22)/t16-/m1/s1. The number of benzene rings is 1. The van der Waals surface area contributed by atoms with Crippen LogP contribution in [0.5, 0.6) is 5.75 Å².